The molecule has 0 N–H and O–H groups in total. The zero-order valence-electron chi connectivity index (χ0n) is 15.7. The quantitative estimate of drug-likeness (QED) is 0.705. The predicted octanol–water partition coefficient (Wildman–Crippen LogP) is 5.14. The molecule has 0 spiro atoms. The van der Waals surface area contributed by atoms with Gasteiger partial charge in [0.2, 0.25) is 5.91 Å². The van der Waals surface area contributed by atoms with Crippen LogP contribution in [0.1, 0.15) is 47.0 Å². The minimum absolute atomic E-state index is 0.117. The summed E-state index contributed by atoms with van der Waals surface area (Å²) in [6, 6.07) is 4.59. The molecule has 0 aliphatic carbocycles. The number of hydrogen-bond donors (Lipinski definition) is 0. The minimum Gasteiger partial charge on any atom is -0.444 e. The summed E-state index contributed by atoms with van der Waals surface area (Å²) in [6.07, 6.45) is 1.58. The minimum atomic E-state index is -0.605. The van der Waals surface area contributed by atoms with E-state index >= 15 is 0 Å². The molecule has 2 amide bonds. The van der Waals surface area contributed by atoms with Gasteiger partial charge in [-0.1, -0.05) is 36.5 Å². The molecular weight excluding hydrogens is 375 g/mol. The van der Waals surface area contributed by atoms with E-state index < -0.39 is 17.7 Å². The molecule has 1 aliphatic rings. The lowest BCUT2D eigenvalue weighted by atomic mass is 10.1. The molecule has 1 heterocycles. The van der Waals surface area contributed by atoms with Crippen LogP contribution in [-0.4, -0.2) is 41.6 Å². The molecule has 1 atom stereocenters. The van der Waals surface area contributed by atoms with Crippen LogP contribution in [-0.2, 0) is 9.53 Å². The first-order chi connectivity index (χ1) is 12.1. The second kappa shape index (κ2) is 8.49. The first-order valence-corrected chi connectivity index (χ1v) is 9.65. The number of carbonyl (C=O) groups excluding carboxylic acids is 2. The predicted molar refractivity (Wildman–Crippen MR) is 105 cm³/mol. The summed E-state index contributed by atoms with van der Waals surface area (Å²) in [5.41, 5.74) is 0.0867. The molecule has 26 heavy (non-hydrogen) atoms. The van der Waals surface area contributed by atoms with Crippen molar-refractivity contribution in [2.45, 2.75) is 58.6 Å². The summed E-state index contributed by atoms with van der Waals surface area (Å²) in [4.78, 5) is 29.1. The second-order valence-electron chi connectivity index (χ2n) is 7.42. The Bertz CT molecular complexity index is 673. The van der Waals surface area contributed by atoms with E-state index in [9.17, 15) is 9.59 Å². The highest BCUT2D eigenvalue weighted by molar-refractivity contribution is 6.42. The Morgan fingerprint density at radius 1 is 1.23 bits per heavy atom. The van der Waals surface area contributed by atoms with Gasteiger partial charge in [0.15, 0.2) is 0 Å². The van der Waals surface area contributed by atoms with Crippen LogP contribution in [0.15, 0.2) is 18.2 Å². The molecule has 1 aromatic carbocycles. The zero-order chi connectivity index (χ0) is 19.5. The summed E-state index contributed by atoms with van der Waals surface area (Å²) in [7, 11) is 0. The normalized spacial score (nSPS) is 18.7. The van der Waals surface area contributed by atoms with Crippen molar-refractivity contribution in [3.05, 3.63) is 28.2 Å². The Kier molecular flexibility index (Phi) is 6.80. The fraction of sp³-hybridized carbons (Fsp3) is 0.579. The Balaban J connectivity index is 2.30. The van der Waals surface area contributed by atoms with Crippen molar-refractivity contribution in [2.75, 3.05) is 18.0 Å². The largest absolute Gasteiger partial charge is 0.444 e. The number of ether oxygens (including phenoxy) is 1. The molecule has 0 radical (unpaired) electrons. The molecule has 1 fully saturated rings. The molecule has 7 heteroatoms. The van der Waals surface area contributed by atoms with Gasteiger partial charge in [0.25, 0.3) is 0 Å². The van der Waals surface area contributed by atoms with E-state index in [1.807, 2.05) is 27.7 Å². The first kappa shape index (κ1) is 20.8. The van der Waals surface area contributed by atoms with Crippen LogP contribution >= 0.6 is 23.2 Å². The summed E-state index contributed by atoms with van der Waals surface area (Å²) in [6.45, 7) is 8.44. The van der Waals surface area contributed by atoms with Crippen molar-refractivity contribution >= 4 is 40.9 Å². The molecule has 2 rings (SSSR count). The first-order valence-electron chi connectivity index (χ1n) is 8.90. The van der Waals surface area contributed by atoms with Gasteiger partial charge in [-0.25, -0.2) is 4.79 Å². The highest BCUT2D eigenvalue weighted by Gasteiger charge is 2.37. The van der Waals surface area contributed by atoms with E-state index in [4.69, 9.17) is 27.9 Å². The maximum absolute atomic E-state index is 13.2. The van der Waals surface area contributed by atoms with Crippen LogP contribution in [0.25, 0.3) is 0 Å². The van der Waals surface area contributed by atoms with E-state index in [0.717, 1.165) is 6.42 Å². The van der Waals surface area contributed by atoms with Gasteiger partial charge in [-0.3, -0.25) is 9.69 Å². The summed E-state index contributed by atoms with van der Waals surface area (Å²) >= 11 is 12.1. The summed E-state index contributed by atoms with van der Waals surface area (Å²) in [5.74, 6) is -0.117. The van der Waals surface area contributed by atoms with Gasteiger partial charge in [0.05, 0.1) is 10.0 Å². The van der Waals surface area contributed by atoms with Crippen molar-refractivity contribution in [1.29, 1.82) is 0 Å². The molecule has 5 nitrogen and oxygen atoms in total. The molecule has 1 aromatic rings. The topological polar surface area (TPSA) is 49.9 Å². The molecule has 1 saturated heterocycles. The zero-order valence-corrected chi connectivity index (χ0v) is 17.2. The van der Waals surface area contributed by atoms with E-state index in [-0.39, 0.29) is 5.91 Å². The van der Waals surface area contributed by atoms with Gasteiger partial charge >= 0.3 is 6.09 Å². The fourth-order valence-corrected chi connectivity index (χ4v) is 3.27. The molecule has 0 saturated carbocycles. The van der Waals surface area contributed by atoms with E-state index in [2.05, 4.69) is 0 Å². The van der Waals surface area contributed by atoms with Crippen molar-refractivity contribution in [2.24, 2.45) is 0 Å². The van der Waals surface area contributed by atoms with Crippen LogP contribution in [0.2, 0.25) is 10.0 Å². The van der Waals surface area contributed by atoms with Crippen molar-refractivity contribution in [3.8, 4) is 0 Å². The number of rotatable bonds is 3. The van der Waals surface area contributed by atoms with Gasteiger partial charge in [-0.2, -0.15) is 0 Å². The highest BCUT2D eigenvalue weighted by atomic mass is 35.5. The van der Waals surface area contributed by atoms with Crippen molar-refractivity contribution < 1.29 is 14.3 Å². The number of hydrogen-bond acceptors (Lipinski definition) is 3. The monoisotopic (exact) mass is 400 g/mol. The van der Waals surface area contributed by atoms with Crippen molar-refractivity contribution in [3.63, 3.8) is 0 Å². The maximum Gasteiger partial charge on any atom is 0.410 e. The smallest absolute Gasteiger partial charge is 0.410 e. The molecule has 1 unspecified atom stereocenters. The van der Waals surface area contributed by atoms with Gasteiger partial charge in [0.1, 0.15) is 11.6 Å². The fourth-order valence-electron chi connectivity index (χ4n) is 2.98. The Labute approximate surface area is 165 Å². The van der Waals surface area contributed by atoms with Crippen molar-refractivity contribution in [1.82, 2.24) is 4.90 Å². The lowest BCUT2D eigenvalue weighted by molar-refractivity contribution is -0.123. The van der Waals surface area contributed by atoms with E-state index in [1.54, 1.807) is 28.0 Å². The van der Waals surface area contributed by atoms with Crippen LogP contribution in [0.4, 0.5) is 10.5 Å². The third-order valence-corrected chi connectivity index (χ3v) is 4.85. The summed E-state index contributed by atoms with van der Waals surface area (Å²) in [5, 5.41) is 0.843. The van der Waals surface area contributed by atoms with Crippen LogP contribution in [0.5, 0.6) is 0 Å². The molecule has 0 bridgehead atoms. The van der Waals surface area contributed by atoms with Crippen LogP contribution < -0.4 is 4.90 Å². The number of benzene rings is 1. The Morgan fingerprint density at radius 2 is 1.92 bits per heavy atom. The lowest BCUT2D eigenvalue weighted by Gasteiger charge is -2.32. The molecule has 1 aliphatic heterocycles. The number of anilines is 1. The average molecular weight is 401 g/mol. The average Bonchev–Trinajstić information content (AvgIpc) is 2.69. The lowest BCUT2D eigenvalue weighted by Crippen LogP contribution is -2.49. The number of nitrogens with zero attached hydrogens (tertiary/aromatic N) is 2. The number of amides is 2. The third-order valence-electron chi connectivity index (χ3n) is 4.11. The second-order valence-corrected chi connectivity index (χ2v) is 8.23. The highest BCUT2D eigenvalue weighted by Crippen LogP contribution is 2.30. The third kappa shape index (κ3) is 5.04. The number of carbonyl (C=O) groups is 2. The van der Waals surface area contributed by atoms with Gasteiger partial charge in [-0.05, 0) is 51.8 Å². The standard InChI is InChI=1S/C19H26Cl2N2O3/c1-5-7-16-17(24)22(13-8-9-14(20)15(21)12-13)10-6-11-23(16)18(25)26-19(2,3)4/h8-9,12,16H,5-7,10-11H2,1-4H3. The maximum atomic E-state index is 13.2. The number of halogens is 2. The van der Waals surface area contributed by atoms with Gasteiger partial charge in [-0.15, -0.1) is 0 Å². The van der Waals surface area contributed by atoms with E-state index in [1.165, 1.54) is 0 Å². The molecular formula is C19H26Cl2N2O3. The molecule has 144 valence electrons. The summed E-state index contributed by atoms with van der Waals surface area (Å²) < 4.78 is 5.51. The van der Waals surface area contributed by atoms with Gasteiger partial charge < -0.3 is 9.64 Å². The van der Waals surface area contributed by atoms with Gasteiger partial charge in [0, 0.05) is 18.8 Å². The SMILES string of the molecule is CCCC1C(=O)N(c2ccc(Cl)c(Cl)c2)CCCN1C(=O)OC(C)(C)C. The van der Waals surface area contributed by atoms with Crippen LogP contribution in [0, 0.1) is 0 Å². The van der Waals surface area contributed by atoms with E-state index in [0.29, 0.717) is 41.7 Å². The molecule has 0 aromatic heterocycles. The van der Waals surface area contributed by atoms with Crippen LogP contribution in [0.3, 0.4) is 0 Å². The Hall–Kier alpha value is -1.46. The Morgan fingerprint density at radius 3 is 2.50 bits per heavy atom.